The van der Waals surface area contributed by atoms with E-state index in [4.69, 9.17) is 11.6 Å². The van der Waals surface area contributed by atoms with Crippen molar-refractivity contribution in [2.45, 2.75) is 20.8 Å². The van der Waals surface area contributed by atoms with Crippen LogP contribution in [0.4, 0.5) is 17.2 Å². The average Bonchev–Trinajstić information content (AvgIpc) is 2.91. The van der Waals surface area contributed by atoms with Gasteiger partial charge in [0.2, 0.25) is 0 Å². The fourth-order valence-electron chi connectivity index (χ4n) is 3.38. The molecule has 0 aliphatic rings. The SMILES string of the molecule is CCN(CC)c1ccc(-c2c(Cl)c(N=Nc3ccccc3)[n+](C)n2C)c(C)c1. The maximum Gasteiger partial charge on any atom is 0.389 e. The summed E-state index contributed by atoms with van der Waals surface area (Å²) in [4.78, 5) is 2.34. The molecule has 0 aliphatic carbocycles. The van der Waals surface area contributed by atoms with E-state index in [1.807, 2.05) is 53.8 Å². The fourth-order valence-corrected chi connectivity index (χ4v) is 3.77. The molecule has 0 amide bonds. The fraction of sp³-hybridized carbons (Fsp3) is 0.318. The Morgan fingerprint density at radius 3 is 2.32 bits per heavy atom. The molecule has 1 heterocycles. The van der Waals surface area contributed by atoms with Crippen LogP contribution in [0.3, 0.4) is 0 Å². The third-order valence-corrected chi connectivity index (χ3v) is 5.44. The predicted octanol–water partition coefficient (Wildman–Crippen LogP) is 5.74. The third kappa shape index (κ3) is 3.80. The minimum Gasteiger partial charge on any atom is -0.372 e. The summed E-state index contributed by atoms with van der Waals surface area (Å²) in [6.45, 7) is 8.44. The highest BCUT2D eigenvalue weighted by atomic mass is 35.5. The summed E-state index contributed by atoms with van der Waals surface area (Å²) in [5.41, 5.74) is 5.24. The highest BCUT2D eigenvalue weighted by molar-refractivity contribution is 6.35. The molecular weight excluding hydrogens is 370 g/mol. The molecule has 0 atom stereocenters. The summed E-state index contributed by atoms with van der Waals surface area (Å²) in [6.07, 6.45) is 0. The lowest BCUT2D eigenvalue weighted by molar-refractivity contribution is -0.738. The van der Waals surface area contributed by atoms with Crippen LogP contribution in [-0.2, 0) is 14.1 Å². The van der Waals surface area contributed by atoms with Gasteiger partial charge in [0.15, 0.2) is 5.02 Å². The maximum absolute atomic E-state index is 6.76. The Morgan fingerprint density at radius 2 is 1.71 bits per heavy atom. The first-order valence-electron chi connectivity index (χ1n) is 9.55. The van der Waals surface area contributed by atoms with Crippen LogP contribution in [0.15, 0.2) is 58.8 Å². The second-order valence-corrected chi connectivity index (χ2v) is 7.12. The van der Waals surface area contributed by atoms with E-state index in [1.165, 1.54) is 11.3 Å². The van der Waals surface area contributed by atoms with Crippen molar-refractivity contribution >= 4 is 28.8 Å². The Bertz CT molecular complexity index is 988. The zero-order chi connectivity index (χ0) is 20.3. The number of nitrogens with zero attached hydrogens (tertiary/aromatic N) is 5. The molecule has 0 bridgehead atoms. The smallest absolute Gasteiger partial charge is 0.372 e. The number of benzene rings is 2. The van der Waals surface area contributed by atoms with E-state index in [0.717, 1.165) is 30.0 Å². The van der Waals surface area contributed by atoms with Crippen LogP contribution in [0.5, 0.6) is 0 Å². The Morgan fingerprint density at radius 1 is 1.04 bits per heavy atom. The Balaban J connectivity index is 2.03. The number of hydrogen-bond donors (Lipinski definition) is 0. The second kappa shape index (κ2) is 8.57. The van der Waals surface area contributed by atoms with Gasteiger partial charge in [-0.2, -0.15) is 4.68 Å². The quantitative estimate of drug-likeness (QED) is 0.386. The van der Waals surface area contributed by atoms with Gasteiger partial charge in [-0.05, 0) is 55.7 Å². The van der Waals surface area contributed by atoms with Gasteiger partial charge in [-0.25, -0.2) is 4.68 Å². The van der Waals surface area contributed by atoms with Crippen molar-refractivity contribution in [3.8, 4) is 11.3 Å². The molecule has 2 aromatic carbocycles. The summed E-state index contributed by atoms with van der Waals surface area (Å²) in [5, 5.41) is 9.34. The van der Waals surface area contributed by atoms with Crippen molar-refractivity contribution in [2.24, 2.45) is 24.3 Å². The van der Waals surface area contributed by atoms with E-state index in [2.05, 4.69) is 54.1 Å². The number of aryl methyl sites for hydroxylation is 1. The summed E-state index contributed by atoms with van der Waals surface area (Å²) in [7, 11) is 3.93. The predicted molar refractivity (Wildman–Crippen MR) is 116 cm³/mol. The van der Waals surface area contributed by atoms with Crippen LogP contribution < -0.4 is 9.58 Å². The largest absolute Gasteiger partial charge is 0.389 e. The number of rotatable bonds is 6. The first kappa shape index (κ1) is 20.1. The van der Waals surface area contributed by atoms with Crippen molar-refractivity contribution in [3.63, 3.8) is 0 Å². The van der Waals surface area contributed by atoms with Crippen molar-refractivity contribution in [1.29, 1.82) is 0 Å². The topological polar surface area (TPSA) is 36.8 Å². The normalized spacial score (nSPS) is 11.4. The number of hydrogen-bond acceptors (Lipinski definition) is 3. The lowest BCUT2D eigenvalue weighted by Crippen LogP contribution is -2.37. The van der Waals surface area contributed by atoms with E-state index in [1.54, 1.807) is 0 Å². The van der Waals surface area contributed by atoms with Gasteiger partial charge in [0.05, 0.1) is 5.11 Å². The standard InChI is InChI=1S/C22H27ClN5/c1-6-28(7-2)18-13-14-19(16(3)15-18)21-20(23)22(27(5)26(21)4)25-24-17-11-9-8-10-12-17/h8-15H,6-7H2,1-5H3/q+1. The lowest BCUT2D eigenvalue weighted by atomic mass is 10.0. The van der Waals surface area contributed by atoms with Crippen LogP contribution >= 0.6 is 11.6 Å². The van der Waals surface area contributed by atoms with E-state index in [-0.39, 0.29) is 0 Å². The Labute approximate surface area is 171 Å². The number of aromatic nitrogens is 2. The summed E-state index contributed by atoms with van der Waals surface area (Å²) >= 11 is 6.76. The maximum atomic E-state index is 6.76. The molecule has 0 N–H and O–H groups in total. The van der Waals surface area contributed by atoms with Crippen LogP contribution in [0.2, 0.25) is 5.02 Å². The number of halogens is 1. The van der Waals surface area contributed by atoms with Crippen LogP contribution in [-0.4, -0.2) is 17.8 Å². The molecule has 1 aromatic heterocycles. The molecule has 0 saturated heterocycles. The molecule has 3 rings (SSSR count). The van der Waals surface area contributed by atoms with Gasteiger partial charge < -0.3 is 4.90 Å². The van der Waals surface area contributed by atoms with Gasteiger partial charge >= 0.3 is 5.82 Å². The highest BCUT2D eigenvalue weighted by Gasteiger charge is 2.27. The van der Waals surface area contributed by atoms with Crippen molar-refractivity contribution in [3.05, 3.63) is 59.1 Å². The molecule has 0 fully saturated rings. The van der Waals surface area contributed by atoms with Crippen molar-refractivity contribution in [1.82, 2.24) is 4.68 Å². The molecule has 5 nitrogen and oxygen atoms in total. The molecule has 3 aromatic rings. The van der Waals surface area contributed by atoms with Crippen LogP contribution in [0, 0.1) is 6.92 Å². The van der Waals surface area contributed by atoms with Crippen molar-refractivity contribution in [2.75, 3.05) is 18.0 Å². The summed E-state index contributed by atoms with van der Waals surface area (Å²) in [5.74, 6) is 0.634. The van der Waals surface area contributed by atoms with Gasteiger partial charge in [0, 0.05) is 31.4 Å². The molecule has 0 radical (unpaired) electrons. The zero-order valence-corrected chi connectivity index (χ0v) is 17.9. The van der Waals surface area contributed by atoms with Gasteiger partial charge in [-0.1, -0.05) is 35.9 Å². The van der Waals surface area contributed by atoms with Crippen molar-refractivity contribution < 1.29 is 4.68 Å². The molecule has 28 heavy (non-hydrogen) atoms. The van der Waals surface area contributed by atoms with Gasteiger partial charge in [-0.15, -0.1) is 0 Å². The van der Waals surface area contributed by atoms with Gasteiger partial charge in [0.25, 0.3) is 0 Å². The molecule has 0 spiro atoms. The molecule has 0 aliphatic heterocycles. The number of azo groups is 1. The number of anilines is 1. The highest BCUT2D eigenvalue weighted by Crippen LogP contribution is 2.37. The van der Waals surface area contributed by atoms with Gasteiger partial charge in [0.1, 0.15) is 18.4 Å². The minimum atomic E-state index is 0.600. The van der Waals surface area contributed by atoms with E-state index in [9.17, 15) is 0 Å². The van der Waals surface area contributed by atoms with E-state index in [0.29, 0.717) is 10.8 Å². The first-order chi connectivity index (χ1) is 13.5. The monoisotopic (exact) mass is 396 g/mol. The average molecular weight is 397 g/mol. The Hall–Kier alpha value is -2.66. The molecule has 0 saturated carbocycles. The van der Waals surface area contributed by atoms with Crippen LogP contribution in [0.1, 0.15) is 19.4 Å². The summed E-state index contributed by atoms with van der Waals surface area (Å²) in [6, 6.07) is 16.2. The lowest BCUT2D eigenvalue weighted by Gasteiger charge is -2.22. The first-order valence-corrected chi connectivity index (χ1v) is 9.92. The molecule has 146 valence electrons. The Kier molecular flexibility index (Phi) is 6.15. The van der Waals surface area contributed by atoms with Gasteiger partial charge in [-0.3, -0.25) is 0 Å². The third-order valence-electron chi connectivity index (χ3n) is 5.09. The van der Waals surface area contributed by atoms with E-state index >= 15 is 0 Å². The van der Waals surface area contributed by atoms with Crippen LogP contribution in [0.25, 0.3) is 11.3 Å². The van der Waals surface area contributed by atoms with E-state index < -0.39 is 0 Å². The minimum absolute atomic E-state index is 0.600. The summed E-state index contributed by atoms with van der Waals surface area (Å²) < 4.78 is 3.93. The molecule has 6 heteroatoms. The second-order valence-electron chi connectivity index (χ2n) is 6.74. The molecule has 0 unspecified atom stereocenters. The zero-order valence-electron chi connectivity index (χ0n) is 17.1. The molecular formula is C22H27ClN5+.